The average Bonchev–Trinajstić information content (AvgIpc) is 3.21. The van der Waals surface area contributed by atoms with Gasteiger partial charge in [-0.3, -0.25) is 9.21 Å². The minimum absolute atomic E-state index is 0.147. The molecule has 0 bridgehead atoms. The lowest BCUT2D eigenvalue weighted by molar-refractivity contribution is 0.320. The van der Waals surface area contributed by atoms with Gasteiger partial charge in [0.25, 0.3) is 10.0 Å². The fourth-order valence-corrected chi connectivity index (χ4v) is 5.36. The van der Waals surface area contributed by atoms with E-state index in [1.165, 1.54) is 17.4 Å². The van der Waals surface area contributed by atoms with Gasteiger partial charge in [0.05, 0.1) is 4.90 Å². The number of nitrogens with zero attached hydrogens (tertiary/aromatic N) is 2. The van der Waals surface area contributed by atoms with Crippen LogP contribution in [-0.2, 0) is 10.0 Å². The molecule has 2 heterocycles. The summed E-state index contributed by atoms with van der Waals surface area (Å²) in [5, 5.41) is 5.33. The first kappa shape index (κ1) is 19.0. The summed E-state index contributed by atoms with van der Waals surface area (Å²) in [7, 11) is -3.72. The molecule has 2 aromatic carbocycles. The summed E-state index contributed by atoms with van der Waals surface area (Å²) < 4.78 is 42.6. The number of halogens is 1. The van der Waals surface area contributed by atoms with E-state index >= 15 is 0 Å². The summed E-state index contributed by atoms with van der Waals surface area (Å²) >= 11 is 1.22. The highest BCUT2D eigenvalue weighted by Crippen LogP contribution is 2.37. The molecule has 1 fully saturated rings. The maximum absolute atomic E-state index is 14.6. The van der Waals surface area contributed by atoms with Crippen molar-refractivity contribution in [3.8, 4) is 0 Å². The monoisotopic (exact) mass is 419 g/mol. The Bertz CT molecular complexity index is 1050. The van der Waals surface area contributed by atoms with E-state index in [1.807, 2.05) is 6.07 Å². The van der Waals surface area contributed by atoms with Gasteiger partial charge in [-0.25, -0.2) is 17.8 Å². The molecule has 28 heavy (non-hydrogen) atoms. The third-order valence-electron chi connectivity index (χ3n) is 4.95. The van der Waals surface area contributed by atoms with Gasteiger partial charge < -0.3 is 5.32 Å². The number of para-hydroxylation sites is 1. The van der Waals surface area contributed by atoms with Gasteiger partial charge in [0, 0.05) is 42.9 Å². The molecule has 1 aliphatic rings. The van der Waals surface area contributed by atoms with E-state index in [9.17, 15) is 12.8 Å². The number of hydrogen-bond donors (Lipinski definition) is 2. The quantitative estimate of drug-likeness (QED) is 0.623. The van der Waals surface area contributed by atoms with Gasteiger partial charge in [-0.2, -0.15) is 0 Å². The molecule has 0 radical (unpaired) electrons. The van der Waals surface area contributed by atoms with Gasteiger partial charge in [-0.1, -0.05) is 12.1 Å². The van der Waals surface area contributed by atoms with Crippen LogP contribution in [0.4, 0.5) is 20.9 Å². The molecule has 1 aromatic heterocycles. The van der Waals surface area contributed by atoms with Crippen LogP contribution in [0.3, 0.4) is 0 Å². The van der Waals surface area contributed by atoms with Gasteiger partial charge in [-0.15, -0.1) is 11.3 Å². The molecule has 146 valence electrons. The molecule has 1 aliphatic heterocycles. The number of benzene rings is 2. The Labute approximate surface area is 167 Å². The number of nitrogens with one attached hydrogen (secondary N) is 2. The molecule has 0 aliphatic carbocycles. The Hall–Kier alpha value is -2.33. The van der Waals surface area contributed by atoms with Crippen LogP contribution < -0.4 is 14.5 Å². The molecule has 6 nitrogen and oxygen atoms in total. The molecular weight excluding hydrogens is 399 g/mol. The number of hydrogen-bond acceptors (Lipinski definition) is 5. The Morgan fingerprint density at radius 2 is 1.79 bits per heavy atom. The smallest absolute Gasteiger partial charge is 0.263 e. The topological polar surface area (TPSA) is 71.1 Å². The zero-order chi connectivity index (χ0) is 19.6. The SMILES string of the molecule is O=S(=O)(Nc1nccs1)c1ccc([N+]2(c3ccccc3F)CCNCC2)cc1. The third kappa shape index (κ3) is 3.53. The highest BCUT2D eigenvalue weighted by atomic mass is 32.2. The standard InChI is InChI=1S/C19H20FN4O2S2/c20-17-3-1-2-4-18(17)24(12-9-21-10-13-24)15-5-7-16(8-6-15)28(25,26)23-19-22-11-14-27-19/h1-8,11,14,21H,9-10,12-13H2,(H,22,23)/q+1. The normalized spacial score (nSPS) is 16.6. The number of aromatic nitrogens is 1. The highest BCUT2D eigenvalue weighted by molar-refractivity contribution is 7.93. The van der Waals surface area contributed by atoms with E-state index in [-0.39, 0.29) is 10.7 Å². The van der Waals surface area contributed by atoms with Crippen molar-refractivity contribution < 1.29 is 12.8 Å². The van der Waals surface area contributed by atoms with Crippen LogP contribution in [0.15, 0.2) is 65.0 Å². The van der Waals surface area contributed by atoms with E-state index in [1.54, 1.807) is 48.0 Å². The van der Waals surface area contributed by atoms with Crippen molar-refractivity contribution in [3.63, 3.8) is 0 Å². The average molecular weight is 420 g/mol. The van der Waals surface area contributed by atoms with E-state index in [0.717, 1.165) is 18.8 Å². The number of piperazine rings is 1. The molecular formula is C19H20FN4O2S2+. The maximum Gasteiger partial charge on any atom is 0.263 e. The number of thiazole rings is 1. The first-order valence-corrected chi connectivity index (χ1v) is 11.2. The van der Waals surface area contributed by atoms with E-state index in [0.29, 0.717) is 28.4 Å². The summed E-state index contributed by atoms with van der Waals surface area (Å²) in [5.74, 6) is -0.258. The van der Waals surface area contributed by atoms with Crippen molar-refractivity contribution in [2.24, 2.45) is 0 Å². The fourth-order valence-electron chi connectivity index (χ4n) is 3.57. The zero-order valence-electron chi connectivity index (χ0n) is 15.0. The Morgan fingerprint density at radius 1 is 1.07 bits per heavy atom. The van der Waals surface area contributed by atoms with Crippen molar-refractivity contribution >= 4 is 37.9 Å². The van der Waals surface area contributed by atoms with Gasteiger partial charge in [0.15, 0.2) is 16.6 Å². The van der Waals surface area contributed by atoms with Gasteiger partial charge in [0.2, 0.25) is 0 Å². The molecule has 0 amide bonds. The van der Waals surface area contributed by atoms with Crippen LogP contribution in [0, 0.1) is 5.82 Å². The number of sulfonamides is 1. The van der Waals surface area contributed by atoms with E-state index in [2.05, 4.69) is 15.0 Å². The fraction of sp³-hybridized carbons (Fsp3) is 0.211. The van der Waals surface area contributed by atoms with E-state index in [4.69, 9.17) is 0 Å². The summed E-state index contributed by atoms with van der Waals surface area (Å²) in [5.41, 5.74) is 1.46. The van der Waals surface area contributed by atoms with Crippen LogP contribution in [0.1, 0.15) is 0 Å². The minimum Gasteiger partial charge on any atom is -0.306 e. The third-order valence-corrected chi connectivity index (χ3v) is 7.12. The second-order valence-electron chi connectivity index (χ2n) is 6.55. The van der Waals surface area contributed by atoms with Crippen molar-refractivity contribution in [1.29, 1.82) is 0 Å². The molecule has 9 heteroatoms. The number of rotatable bonds is 5. The Morgan fingerprint density at radius 3 is 2.43 bits per heavy atom. The number of anilines is 1. The summed E-state index contributed by atoms with van der Waals surface area (Å²) in [6, 6.07) is 13.4. The Balaban J connectivity index is 1.70. The summed E-state index contributed by atoms with van der Waals surface area (Å²) in [4.78, 5) is 4.10. The molecule has 3 aromatic rings. The first-order valence-electron chi connectivity index (χ1n) is 8.87. The largest absolute Gasteiger partial charge is 0.306 e. The van der Waals surface area contributed by atoms with Crippen LogP contribution in [-0.4, -0.2) is 39.6 Å². The molecule has 1 saturated heterocycles. The lowest BCUT2D eigenvalue weighted by Gasteiger charge is -2.40. The number of quaternary nitrogens is 1. The predicted molar refractivity (Wildman–Crippen MR) is 110 cm³/mol. The highest BCUT2D eigenvalue weighted by Gasteiger charge is 2.37. The van der Waals surface area contributed by atoms with Crippen molar-refractivity contribution in [2.75, 3.05) is 30.9 Å². The first-order chi connectivity index (χ1) is 13.5. The molecule has 0 saturated carbocycles. The predicted octanol–water partition coefficient (Wildman–Crippen LogP) is 3.33. The zero-order valence-corrected chi connectivity index (χ0v) is 16.6. The lowest BCUT2D eigenvalue weighted by Crippen LogP contribution is -2.56. The van der Waals surface area contributed by atoms with Crippen molar-refractivity contribution in [1.82, 2.24) is 14.8 Å². The second kappa shape index (κ2) is 7.59. The second-order valence-corrected chi connectivity index (χ2v) is 9.13. The molecule has 0 spiro atoms. The van der Waals surface area contributed by atoms with Crippen LogP contribution in [0.25, 0.3) is 0 Å². The maximum atomic E-state index is 14.6. The minimum atomic E-state index is -3.72. The molecule has 0 unspecified atom stereocenters. The van der Waals surface area contributed by atoms with Crippen LogP contribution in [0.5, 0.6) is 0 Å². The van der Waals surface area contributed by atoms with Crippen molar-refractivity contribution in [2.45, 2.75) is 4.90 Å². The van der Waals surface area contributed by atoms with Crippen LogP contribution >= 0.6 is 11.3 Å². The van der Waals surface area contributed by atoms with E-state index < -0.39 is 10.0 Å². The molecule has 4 rings (SSSR count). The Kier molecular flexibility index (Phi) is 5.15. The van der Waals surface area contributed by atoms with Gasteiger partial charge in [0.1, 0.15) is 18.8 Å². The van der Waals surface area contributed by atoms with Crippen LogP contribution in [0.2, 0.25) is 0 Å². The lowest BCUT2D eigenvalue weighted by atomic mass is 10.1. The molecule has 0 atom stereocenters. The summed E-state index contributed by atoms with van der Waals surface area (Å²) in [6.45, 7) is 2.87. The molecule has 2 N–H and O–H groups in total. The van der Waals surface area contributed by atoms with Gasteiger partial charge in [-0.05, 0) is 18.2 Å². The van der Waals surface area contributed by atoms with Crippen molar-refractivity contribution in [3.05, 3.63) is 65.9 Å². The van der Waals surface area contributed by atoms with Gasteiger partial charge >= 0.3 is 0 Å². The summed E-state index contributed by atoms with van der Waals surface area (Å²) in [6.07, 6.45) is 1.54.